The molecule has 2 nitrogen and oxygen atoms in total. The first-order valence-corrected chi connectivity index (χ1v) is 7.35. The second-order valence-corrected chi connectivity index (χ2v) is 6.57. The van der Waals surface area contributed by atoms with Crippen molar-refractivity contribution in [1.29, 1.82) is 0 Å². The number of hydrogen-bond donors (Lipinski definition) is 0. The Balaban J connectivity index is 2.30. The van der Waals surface area contributed by atoms with Crippen LogP contribution in [0.1, 0.15) is 24.5 Å². The lowest BCUT2D eigenvalue weighted by Crippen LogP contribution is -2.43. The largest absolute Gasteiger partial charge is 0.471 e. The summed E-state index contributed by atoms with van der Waals surface area (Å²) in [5.74, 6) is -1.78. The molecule has 1 unspecified atom stereocenters. The molecule has 6 heteroatoms. The first kappa shape index (κ1) is 15.4. The van der Waals surface area contributed by atoms with Gasteiger partial charge in [0.05, 0.1) is 0 Å². The van der Waals surface area contributed by atoms with E-state index in [-0.39, 0.29) is 6.54 Å². The Morgan fingerprint density at radius 1 is 1.45 bits per heavy atom. The number of fused-ring (bicyclic) bond motifs is 1. The highest BCUT2D eigenvalue weighted by Gasteiger charge is 2.43. The van der Waals surface area contributed by atoms with Gasteiger partial charge in [0.1, 0.15) is 0 Å². The molecule has 0 saturated carbocycles. The van der Waals surface area contributed by atoms with Gasteiger partial charge in [0, 0.05) is 17.1 Å². The molecule has 1 heterocycles. The predicted octanol–water partition coefficient (Wildman–Crippen LogP) is 3.85. The Kier molecular flexibility index (Phi) is 4.42. The molecule has 0 bridgehead atoms. The normalized spacial score (nSPS) is 16.8. The number of anilines is 1. The standard InChI is InChI=1S/C14H15BrF3NO/c1-9(15)7-10-4-5-12-11(8-10)3-2-6-19(12)13(20)14(16,17)18/h4-5,8-9H,2-3,6-7H2,1H3. The van der Waals surface area contributed by atoms with Gasteiger partial charge in [-0.3, -0.25) is 4.79 Å². The molecule has 1 aliphatic rings. The van der Waals surface area contributed by atoms with Crippen molar-refractivity contribution < 1.29 is 18.0 Å². The summed E-state index contributed by atoms with van der Waals surface area (Å²) >= 11 is 3.46. The highest BCUT2D eigenvalue weighted by molar-refractivity contribution is 9.09. The van der Waals surface area contributed by atoms with Crippen LogP contribution < -0.4 is 4.90 Å². The van der Waals surface area contributed by atoms with Crippen LogP contribution in [0.4, 0.5) is 18.9 Å². The Hall–Kier alpha value is -1.04. The molecule has 20 heavy (non-hydrogen) atoms. The van der Waals surface area contributed by atoms with Crippen molar-refractivity contribution in [3.05, 3.63) is 29.3 Å². The number of carbonyl (C=O) groups is 1. The van der Waals surface area contributed by atoms with Crippen molar-refractivity contribution in [2.75, 3.05) is 11.4 Å². The van der Waals surface area contributed by atoms with Gasteiger partial charge in [0.15, 0.2) is 0 Å². The van der Waals surface area contributed by atoms with Crippen LogP contribution >= 0.6 is 15.9 Å². The van der Waals surface area contributed by atoms with Crippen LogP contribution in [-0.2, 0) is 17.6 Å². The maximum absolute atomic E-state index is 12.6. The van der Waals surface area contributed by atoms with E-state index in [4.69, 9.17) is 0 Å². The SMILES string of the molecule is CC(Br)Cc1ccc2c(c1)CCCN2C(=O)C(F)(F)F. The van der Waals surface area contributed by atoms with Crippen molar-refractivity contribution in [3.8, 4) is 0 Å². The number of benzene rings is 1. The van der Waals surface area contributed by atoms with Crippen molar-refractivity contribution in [3.63, 3.8) is 0 Å². The van der Waals surface area contributed by atoms with Crippen LogP contribution in [0, 0.1) is 0 Å². The van der Waals surface area contributed by atoms with Gasteiger partial charge < -0.3 is 4.90 Å². The number of alkyl halides is 4. The Morgan fingerprint density at radius 3 is 2.75 bits per heavy atom. The summed E-state index contributed by atoms with van der Waals surface area (Å²) in [7, 11) is 0. The number of nitrogens with zero attached hydrogens (tertiary/aromatic N) is 1. The minimum atomic E-state index is -4.82. The molecular formula is C14H15BrF3NO. The summed E-state index contributed by atoms with van der Waals surface area (Å²) in [5.41, 5.74) is 2.28. The Bertz CT molecular complexity index is 514. The molecule has 0 radical (unpaired) electrons. The fourth-order valence-corrected chi connectivity index (χ4v) is 2.84. The van der Waals surface area contributed by atoms with E-state index >= 15 is 0 Å². The molecule has 0 N–H and O–H groups in total. The van der Waals surface area contributed by atoms with E-state index in [0.29, 0.717) is 23.4 Å². The van der Waals surface area contributed by atoms with Gasteiger partial charge in [0.25, 0.3) is 0 Å². The highest BCUT2D eigenvalue weighted by Crippen LogP contribution is 2.32. The summed E-state index contributed by atoms with van der Waals surface area (Å²) in [6.07, 6.45) is -2.75. The highest BCUT2D eigenvalue weighted by atomic mass is 79.9. The van der Waals surface area contributed by atoms with E-state index in [1.807, 2.05) is 13.0 Å². The summed E-state index contributed by atoms with van der Waals surface area (Å²) in [6.45, 7) is 2.14. The molecule has 0 aliphatic carbocycles. The smallest absolute Gasteiger partial charge is 0.304 e. The van der Waals surface area contributed by atoms with Gasteiger partial charge in [-0.05, 0) is 36.5 Å². The minimum absolute atomic E-state index is 0.125. The van der Waals surface area contributed by atoms with Crippen LogP contribution in [0.3, 0.4) is 0 Å². The second kappa shape index (κ2) is 5.76. The Morgan fingerprint density at radius 2 is 2.15 bits per heavy atom. The number of halogens is 4. The first-order valence-electron chi connectivity index (χ1n) is 6.43. The van der Waals surface area contributed by atoms with E-state index in [1.165, 1.54) is 0 Å². The Labute approximate surface area is 124 Å². The average molecular weight is 350 g/mol. The lowest BCUT2D eigenvalue weighted by molar-refractivity contribution is -0.170. The zero-order chi connectivity index (χ0) is 14.9. The lowest BCUT2D eigenvalue weighted by Gasteiger charge is -2.30. The third-order valence-corrected chi connectivity index (χ3v) is 3.59. The molecule has 1 aromatic rings. The summed E-state index contributed by atoms with van der Waals surface area (Å²) in [6, 6.07) is 5.32. The molecule has 1 amide bonds. The second-order valence-electron chi connectivity index (χ2n) is 5.01. The number of amides is 1. The van der Waals surface area contributed by atoms with Gasteiger partial charge in [-0.25, -0.2) is 0 Å². The molecule has 1 aliphatic heterocycles. The number of aryl methyl sites for hydroxylation is 1. The van der Waals surface area contributed by atoms with Gasteiger partial charge in [-0.2, -0.15) is 13.2 Å². The summed E-state index contributed by atoms with van der Waals surface area (Å²) in [5, 5.41) is 0. The predicted molar refractivity (Wildman–Crippen MR) is 75.3 cm³/mol. The third-order valence-electron chi connectivity index (χ3n) is 3.27. The molecule has 0 fully saturated rings. The van der Waals surface area contributed by atoms with Crippen molar-refractivity contribution in [2.24, 2.45) is 0 Å². The molecule has 0 spiro atoms. The molecule has 2 rings (SSSR count). The van der Waals surface area contributed by atoms with E-state index in [2.05, 4.69) is 15.9 Å². The van der Waals surface area contributed by atoms with Crippen LogP contribution in [-0.4, -0.2) is 23.5 Å². The first-order chi connectivity index (χ1) is 9.29. The third kappa shape index (κ3) is 3.34. The molecule has 0 saturated heterocycles. The fourth-order valence-electron chi connectivity index (χ4n) is 2.47. The zero-order valence-electron chi connectivity index (χ0n) is 11.0. The van der Waals surface area contributed by atoms with Crippen molar-refractivity contribution in [1.82, 2.24) is 0 Å². The average Bonchev–Trinajstić information content (AvgIpc) is 2.35. The van der Waals surface area contributed by atoms with E-state index in [9.17, 15) is 18.0 Å². The quantitative estimate of drug-likeness (QED) is 0.742. The van der Waals surface area contributed by atoms with Crippen LogP contribution in [0.15, 0.2) is 18.2 Å². The number of hydrogen-bond acceptors (Lipinski definition) is 1. The minimum Gasteiger partial charge on any atom is -0.304 e. The van der Waals surface area contributed by atoms with E-state index < -0.39 is 12.1 Å². The van der Waals surface area contributed by atoms with Crippen LogP contribution in [0.25, 0.3) is 0 Å². The molecule has 1 aromatic carbocycles. The molecule has 0 aromatic heterocycles. The topological polar surface area (TPSA) is 20.3 Å². The van der Waals surface area contributed by atoms with Crippen molar-refractivity contribution in [2.45, 2.75) is 37.2 Å². The fraction of sp³-hybridized carbons (Fsp3) is 0.500. The molecule has 110 valence electrons. The number of rotatable bonds is 2. The molecular weight excluding hydrogens is 335 g/mol. The lowest BCUT2D eigenvalue weighted by atomic mass is 9.97. The summed E-state index contributed by atoms with van der Waals surface area (Å²) in [4.78, 5) is 12.6. The maximum Gasteiger partial charge on any atom is 0.471 e. The van der Waals surface area contributed by atoms with E-state index in [0.717, 1.165) is 22.4 Å². The van der Waals surface area contributed by atoms with Crippen LogP contribution in [0.5, 0.6) is 0 Å². The van der Waals surface area contributed by atoms with Gasteiger partial charge >= 0.3 is 12.1 Å². The monoisotopic (exact) mass is 349 g/mol. The summed E-state index contributed by atoms with van der Waals surface area (Å²) < 4.78 is 37.7. The van der Waals surface area contributed by atoms with Crippen LogP contribution in [0.2, 0.25) is 0 Å². The van der Waals surface area contributed by atoms with Gasteiger partial charge in [0.2, 0.25) is 0 Å². The van der Waals surface area contributed by atoms with E-state index in [1.54, 1.807) is 12.1 Å². The van der Waals surface area contributed by atoms with Crippen molar-refractivity contribution >= 4 is 27.5 Å². The van der Waals surface area contributed by atoms with Gasteiger partial charge in [-0.15, -0.1) is 0 Å². The zero-order valence-corrected chi connectivity index (χ0v) is 12.6. The molecule has 1 atom stereocenters. The van der Waals surface area contributed by atoms with Gasteiger partial charge in [-0.1, -0.05) is 35.0 Å². The maximum atomic E-state index is 12.6. The number of carbonyl (C=O) groups excluding carboxylic acids is 1.